The zero-order valence-electron chi connectivity index (χ0n) is 7.85. The molecule has 0 fully saturated rings. The molecule has 0 rings (SSSR count). The molecule has 7 heteroatoms. The summed E-state index contributed by atoms with van der Waals surface area (Å²) in [5, 5.41) is 8.68. The van der Waals surface area contributed by atoms with Gasteiger partial charge in [0.15, 0.2) is 5.44 Å². The quantitative estimate of drug-likeness (QED) is 0.351. The van der Waals surface area contributed by atoms with E-state index in [4.69, 9.17) is 9.66 Å². The molecule has 0 aliphatic heterocycles. The van der Waals surface area contributed by atoms with E-state index in [1.165, 1.54) is 4.90 Å². The van der Waals surface area contributed by atoms with Gasteiger partial charge in [0, 0.05) is 6.54 Å². The number of rotatable bonds is 3. The van der Waals surface area contributed by atoms with Gasteiger partial charge in [-0.2, -0.15) is 8.42 Å². The molecule has 1 atom stereocenters. The van der Waals surface area contributed by atoms with E-state index in [0.717, 1.165) is 0 Å². The fourth-order valence-electron chi connectivity index (χ4n) is 0.407. The Morgan fingerprint density at radius 1 is 1.55 bits per heavy atom. The molecule has 0 spiro atoms. The molecule has 0 aromatic rings. The molecule has 1 unspecified atom stereocenters. The van der Waals surface area contributed by atoms with Gasteiger partial charge in [0.1, 0.15) is 0 Å². The van der Waals surface area contributed by atoms with Gasteiger partial charge in [-0.1, -0.05) is 0 Å². The summed E-state index contributed by atoms with van der Waals surface area (Å²) in [6.45, 7) is -0.0984. The molecule has 0 aromatic heterocycles. The average Bonchev–Trinajstić information content (AvgIpc) is 1.60. The van der Waals surface area contributed by atoms with Crippen LogP contribution in [-0.2, 0) is 10.1 Å². The Bertz CT molecular complexity index is 195. The molecule has 0 saturated heterocycles. The van der Waals surface area contributed by atoms with Crippen LogP contribution in [0.2, 0.25) is 0 Å². The molecule has 0 aromatic carbocycles. The van der Waals surface area contributed by atoms with Gasteiger partial charge < -0.3 is 11.4 Å². The molecular formula is C4H12NNaO4S. The van der Waals surface area contributed by atoms with Crippen LogP contribution in [0.5, 0.6) is 0 Å². The fraction of sp³-hybridized carbons (Fsp3) is 1.00. The van der Waals surface area contributed by atoms with Crippen molar-refractivity contribution in [3.63, 3.8) is 0 Å². The smallest absolute Gasteiger partial charge is 1.00 e. The van der Waals surface area contributed by atoms with E-state index in [-0.39, 0.29) is 37.5 Å². The van der Waals surface area contributed by atoms with Gasteiger partial charge in [-0.05, 0) is 14.1 Å². The van der Waals surface area contributed by atoms with E-state index in [1.807, 2.05) is 0 Å². The number of likely N-dealkylation sites (N-methyl/N-ethyl adjacent to an activating group) is 1. The van der Waals surface area contributed by atoms with Crippen molar-refractivity contribution in [2.24, 2.45) is 0 Å². The van der Waals surface area contributed by atoms with Crippen LogP contribution in [0, 0.1) is 0 Å². The van der Waals surface area contributed by atoms with Crippen LogP contribution in [0.4, 0.5) is 0 Å². The summed E-state index contributed by atoms with van der Waals surface area (Å²) >= 11 is 0. The Balaban J connectivity index is -0.000000405. The van der Waals surface area contributed by atoms with E-state index in [1.54, 1.807) is 14.1 Å². The summed E-state index contributed by atoms with van der Waals surface area (Å²) in [4.78, 5) is 1.46. The maximum absolute atomic E-state index is 10.1. The molecule has 2 N–H and O–H groups in total. The normalized spacial score (nSPS) is 14.3. The van der Waals surface area contributed by atoms with Crippen molar-refractivity contribution in [2.75, 3.05) is 20.6 Å². The average molecular weight is 193 g/mol. The Hall–Kier alpha value is 0.830. The topological polar surface area (TPSA) is 77.8 Å². The van der Waals surface area contributed by atoms with Gasteiger partial charge in [-0.3, -0.25) is 4.55 Å². The fourth-order valence-corrected chi connectivity index (χ4v) is 0.893. The molecule has 11 heavy (non-hydrogen) atoms. The monoisotopic (exact) mass is 193 g/mol. The minimum absolute atomic E-state index is 0. The molecule has 0 radical (unpaired) electrons. The van der Waals surface area contributed by atoms with Gasteiger partial charge in [0.2, 0.25) is 0 Å². The van der Waals surface area contributed by atoms with Gasteiger partial charge in [0.25, 0.3) is 10.1 Å². The van der Waals surface area contributed by atoms with E-state index >= 15 is 0 Å². The summed E-state index contributed by atoms with van der Waals surface area (Å²) < 4.78 is 28.5. The summed E-state index contributed by atoms with van der Waals surface area (Å²) in [5.41, 5.74) is -1.71. The Kier molecular flexibility index (Phi) is 7.14. The van der Waals surface area contributed by atoms with E-state index < -0.39 is 15.6 Å². The molecule has 0 saturated carbocycles. The molecular weight excluding hydrogens is 181 g/mol. The van der Waals surface area contributed by atoms with Crippen LogP contribution in [0.3, 0.4) is 0 Å². The van der Waals surface area contributed by atoms with E-state index in [9.17, 15) is 8.42 Å². The number of nitrogens with zero attached hydrogens (tertiary/aromatic N) is 1. The molecule has 0 bridgehead atoms. The Morgan fingerprint density at radius 3 is 2.00 bits per heavy atom. The van der Waals surface area contributed by atoms with Crippen LogP contribution in [0.15, 0.2) is 0 Å². The van der Waals surface area contributed by atoms with Crippen LogP contribution < -0.4 is 29.6 Å². The first-order valence-corrected chi connectivity index (χ1v) is 4.13. The van der Waals surface area contributed by atoms with Gasteiger partial charge in [-0.15, -0.1) is 0 Å². The predicted octanol–water partition coefficient (Wildman–Crippen LogP) is -4.13. The van der Waals surface area contributed by atoms with Crippen LogP contribution in [0.1, 0.15) is 1.43 Å². The van der Waals surface area contributed by atoms with Crippen molar-refractivity contribution in [3.05, 3.63) is 0 Å². The molecule has 0 aliphatic rings. The summed E-state index contributed by atoms with van der Waals surface area (Å²) in [6, 6.07) is 0. The molecule has 0 heterocycles. The molecule has 64 valence electrons. The van der Waals surface area contributed by atoms with Crippen molar-refractivity contribution in [2.45, 2.75) is 5.44 Å². The van der Waals surface area contributed by atoms with Crippen LogP contribution >= 0.6 is 0 Å². The standard InChI is InChI=1S/C4H11NO4S.Na.H/c1-5(2)3-4(6)10(7,8)9;;/h4,6H,3H2,1-2H3,(H,7,8,9);;/q;+1;-1. The molecule has 5 nitrogen and oxygen atoms in total. The first-order chi connectivity index (χ1) is 4.34. The van der Waals surface area contributed by atoms with Crippen LogP contribution in [-0.4, -0.2) is 49.1 Å². The Labute approximate surface area is 89.9 Å². The zero-order valence-corrected chi connectivity index (χ0v) is 9.67. The number of aliphatic hydroxyl groups excluding tert-OH is 1. The predicted molar refractivity (Wildman–Crippen MR) is 37.2 cm³/mol. The van der Waals surface area contributed by atoms with Crippen molar-refractivity contribution in [3.8, 4) is 0 Å². The third-order valence-corrected chi connectivity index (χ3v) is 1.70. The second kappa shape index (κ2) is 5.47. The van der Waals surface area contributed by atoms with Crippen LogP contribution in [0.25, 0.3) is 0 Å². The molecule has 0 aliphatic carbocycles. The van der Waals surface area contributed by atoms with Crippen molar-refractivity contribution in [1.82, 2.24) is 4.90 Å². The number of hydrogen-bond acceptors (Lipinski definition) is 4. The van der Waals surface area contributed by atoms with Crippen molar-refractivity contribution >= 4 is 10.1 Å². The number of hydrogen-bond donors (Lipinski definition) is 2. The summed E-state index contributed by atoms with van der Waals surface area (Å²) in [5.74, 6) is 0. The minimum atomic E-state index is -4.28. The first kappa shape index (κ1) is 14.4. The van der Waals surface area contributed by atoms with Gasteiger partial charge >= 0.3 is 29.6 Å². The third-order valence-electron chi connectivity index (χ3n) is 0.865. The van der Waals surface area contributed by atoms with E-state index in [2.05, 4.69) is 0 Å². The minimum Gasteiger partial charge on any atom is -1.00 e. The zero-order chi connectivity index (χ0) is 8.36. The Morgan fingerprint density at radius 2 is 1.91 bits per heavy atom. The third kappa shape index (κ3) is 7.20. The maximum Gasteiger partial charge on any atom is 1.00 e. The van der Waals surface area contributed by atoms with Crippen molar-refractivity contribution in [1.29, 1.82) is 0 Å². The summed E-state index contributed by atoms with van der Waals surface area (Å²) in [6.07, 6.45) is 0. The van der Waals surface area contributed by atoms with Gasteiger partial charge in [-0.25, -0.2) is 0 Å². The largest absolute Gasteiger partial charge is 1.00 e. The maximum atomic E-state index is 10.1. The number of aliphatic hydroxyl groups is 1. The first-order valence-electron chi connectivity index (χ1n) is 2.63. The SMILES string of the molecule is CN(C)CC(O)S(=O)(=O)O.[H-].[Na+]. The van der Waals surface area contributed by atoms with E-state index in [0.29, 0.717) is 0 Å². The van der Waals surface area contributed by atoms with Crippen molar-refractivity contribution < 1.29 is 49.1 Å². The summed E-state index contributed by atoms with van der Waals surface area (Å²) in [7, 11) is -1.10. The second-order valence-electron chi connectivity index (χ2n) is 2.23. The second-order valence-corrected chi connectivity index (χ2v) is 3.81. The molecule has 0 amide bonds. The van der Waals surface area contributed by atoms with Gasteiger partial charge in [0.05, 0.1) is 0 Å².